The summed E-state index contributed by atoms with van der Waals surface area (Å²) in [4.78, 5) is 24.2. The van der Waals surface area contributed by atoms with E-state index in [1.807, 2.05) is 20.0 Å². The minimum atomic E-state index is -0.428. The first-order chi connectivity index (χ1) is 10.1. The minimum Gasteiger partial charge on any atom is -0.382 e. The highest BCUT2D eigenvalue weighted by molar-refractivity contribution is 6.06. The van der Waals surface area contributed by atoms with E-state index in [-0.39, 0.29) is 11.5 Å². The van der Waals surface area contributed by atoms with Gasteiger partial charge in [0.05, 0.1) is 17.6 Å². The second kappa shape index (κ2) is 4.82. The molecule has 106 valence electrons. The molecular formula is C13H13N7O. The number of rotatable bonds is 2. The van der Waals surface area contributed by atoms with Gasteiger partial charge in [0.15, 0.2) is 17.2 Å². The summed E-state index contributed by atoms with van der Waals surface area (Å²) in [6.45, 7) is 1.89. The van der Waals surface area contributed by atoms with Crippen molar-refractivity contribution in [2.75, 3.05) is 11.1 Å². The van der Waals surface area contributed by atoms with E-state index in [9.17, 15) is 4.79 Å². The van der Waals surface area contributed by atoms with E-state index in [4.69, 9.17) is 5.73 Å². The van der Waals surface area contributed by atoms with Gasteiger partial charge in [-0.05, 0) is 13.0 Å². The Labute approximate surface area is 120 Å². The Morgan fingerprint density at radius 2 is 2.05 bits per heavy atom. The highest BCUT2D eigenvalue weighted by atomic mass is 16.1. The molecule has 8 heteroatoms. The molecule has 3 N–H and O–H groups in total. The average molecular weight is 283 g/mol. The maximum atomic E-state index is 12.1. The van der Waals surface area contributed by atoms with Gasteiger partial charge in [0.2, 0.25) is 0 Å². The summed E-state index contributed by atoms with van der Waals surface area (Å²) in [5.74, 6) is -0.343. The fourth-order valence-electron chi connectivity index (χ4n) is 2.09. The largest absolute Gasteiger partial charge is 0.382 e. The summed E-state index contributed by atoms with van der Waals surface area (Å²) in [7, 11) is 1.82. The summed E-state index contributed by atoms with van der Waals surface area (Å²) in [6, 6.07) is 1.81. The van der Waals surface area contributed by atoms with Gasteiger partial charge in [0.1, 0.15) is 0 Å². The lowest BCUT2D eigenvalue weighted by molar-refractivity contribution is 0.102. The maximum Gasteiger partial charge on any atom is 0.278 e. The van der Waals surface area contributed by atoms with Crippen LogP contribution in [0.2, 0.25) is 0 Å². The van der Waals surface area contributed by atoms with Crippen LogP contribution in [0.1, 0.15) is 16.2 Å². The van der Waals surface area contributed by atoms with Crippen molar-refractivity contribution in [3.63, 3.8) is 0 Å². The Morgan fingerprint density at radius 3 is 2.81 bits per heavy atom. The molecule has 21 heavy (non-hydrogen) atoms. The van der Waals surface area contributed by atoms with Gasteiger partial charge >= 0.3 is 0 Å². The van der Waals surface area contributed by atoms with Crippen molar-refractivity contribution in [3.8, 4) is 0 Å². The molecule has 8 nitrogen and oxygen atoms in total. The Morgan fingerprint density at radius 1 is 1.29 bits per heavy atom. The summed E-state index contributed by atoms with van der Waals surface area (Å²) in [5.41, 5.74) is 7.86. The molecule has 0 saturated heterocycles. The van der Waals surface area contributed by atoms with Crippen LogP contribution < -0.4 is 11.1 Å². The Kier molecular flexibility index (Phi) is 2.98. The maximum absolute atomic E-state index is 12.1. The number of nitrogen functional groups attached to an aromatic ring is 1. The predicted octanol–water partition coefficient (Wildman–Crippen LogP) is 0.901. The van der Waals surface area contributed by atoms with Crippen molar-refractivity contribution in [1.82, 2.24) is 24.7 Å². The zero-order valence-corrected chi connectivity index (χ0v) is 11.5. The quantitative estimate of drug-likeness (QED) is 0.722. The van der Waals surface area contributed by atoms with Crippen LogP contribution in [-0.2, 0) is 7.05 Å². The third-order valence-electron chi connectivity index (χ3n) is 3.06. The topological polar surface area (TPSA) is 112 Å². The monoisotopic (exact) mass is 283 g/mol. The van der Waals surface area contributed by atoms with Crippen LogP contribution >= 0.6 is 0 Å². The number of fused-ring (bicyclic) bond motifs is 1. The molecule has 3 rings (SSSR count). The molecule has 0 aliphatic rings. The van der Waals surface area contributed by atoms with Gasteiger partial charge in [-0.3, -0.25) is 9.48 Å². The summed E-state index contributed by atoms with van der Waals surface area (Å²) in [6.07, 6.45) is 4.41. The molecular weight excluding hydrogens is 270 g/mol. The van der Waals surface area contributed by atoms with Crippen molar-refractivity contribution >= 4 is 28.4 Å². The van der Waals surface area contributed by atoms with Crippen molar-refractivity contribution in [3.05, 3.63) is 36.0 Å². The number of pyridine rings is 1. The zero-order chi connectivity index (χ0) is 15.0. The number of aromatic nitrogens is 5. The smallest absolute Gasteiger partial charge is 0.278 e. The lowest BCUT2D eigenvalue weighted by atomic mass is 10.2. The first-order valence-electron chi connectivity index (χ1n) is 6.23. The van der Waals surface area contributed by atoms with Gasteiger partial charge < -0.3 is 11.1 Å². The highest BCUT2D eigenvalue weighted by Gasteiger charge is 2.13. The average Bonchev–Trinajstić information content (AvgIpc) is 2.74. The van der Waals surface area contributed by atoms with E-state index in [0.717, 1.165) is 16.7 Å². The van der Waals surface area contributed by atoms with Crippen molar-refractivity contribution < 1.29 is 4.79 Å². The minimum absolute atomic E-state index is 0.0838. The van der Waals surface area contributed by atoms with Crippen LogP contribution in [0.4, 0.5) is 11.5 Å². The standard InChI is InChI=1S/C13H13N7O/c1-7-9-5-8(6-17-12(9)20(2)19-7)18-13(21)10-11(14)16-4-3-15-10/h3-6H,1-2H3,(H2,14,16)(H,18,21). The third kappa shape index (κ3) is 2.27. The number of carbonyl (C=O) groups is 1. The molecule has 0 radical (unpaired) electrons. The molecule has 0 aliphatic heterocycles. The van der Waals surface area contributed by atoms with Crippen molar-refractivity contribution in [2.24, 2.45) is 7.05 Å². The van der Waals surface area contributed by atoms with Gasteiger partial charge in [0.25, 0.3) is 5.91 Å². The fraction of sp³-hybridized carbons (Fsp3) is 0.154. The van der Waals surface area contributed by atoms with Crippen molar-refractivity contribution in [2.45, 2.75) is 6.92 Å². The summed E-state index contributed by atoms with van der Waals surface area (Å²) in [5, 5.41) is 7.87. The number of nitrogens with two attached hydrogens (primary N) is 1. The Balaban J connectivity index is 1.93. The second-order valence-electron chi connectivity index (χ2n) is 4.55. The van der Waals surface area contributed by atoms with Crippen LogP contribution in [0.25, 0.3) is 11.0 Å². The number of nitrogens with one attached hydrogen (secondary N) is 1. The molecule has 3 aromatic heterocycles. The molecule has 0 unspecified atom stereocenters. The molecule has 0 aliphatic carbocycles. The Hall–Kier alpha value is -3.03. The van der Waals surface area contributed by atoms with E-state index in [1.54, 1.807) is 10.9 Å². The van der Waals surface area contributed by atoms with E-state index in [0.29, 0.717) is 5.69 Å². The molecule has 0 bridgehead atoms. The number of hydrogen-bond acceptors (Lipinski definition) is 6. The van der Waals surface area contributed by atoms with Crippen LogP contribution in [0.3, 0.4) is 0 Å². The molecule has 3 heterocycles. The van der Waals surface area contributed by atoms with Crippen LogP contribution in [0.5, 0.6) is 0 Å². The predicted molar refractivity (Wildman–Crippen MR) is 77.6 cm³/mol. The molecule has 0 fully saturated rings. The number of hydrogen-bond donors (Lipinski definition) is 2. The number of anilines is 2. The molecule has 1 amide bonds. The highest BCUT2D eigenvalue weighted by Crippen LogP contribution is 2.19. The Bertz CT molecular complexity index is 840. The zero-order valence-electron chi connectivity index (χ0n) is 11.5. The van der Waals surface area contributed by atoms with Crippen molar-refractivity contribution in [1.29, 1.82) is 0 Å². The van der Waals surface area contributed by atoms with Gasteiger partial charge in [-0.15, -0.1) is 0 Å². The first kappa shape index (κ1) is 13.0. The third-order valence-corrected chi connectivity index (χ3v) is 3.06. The van der Waals surface area contributed by atoms with E-state index >= 15 is 0 Å². The summed E-state index contributed by atoms with van der Waals surface area (Å²) < 4.78 is 1.69. The van der Waals surface area contributed by atoms with Crippen LogP contribution in [0.15, 0.2) is 24.7 Å². The van der Waals surface area contributed by atoms with E-state index in [1.165, 1.54) is 12.4 Å². The lowest BCUT2D eigenvalue weighted by Crippen LogP contribution is -2.16. The number of aryl methyl sites for hydroxylation is 2. The van der Waals surface area contributed by atoms with Gasteiger partial charge in [0, 0.05) is 24.8 Å². The van der Waals surface area contributed by atoms with Gasteiger partial charge in [-0.2, -0.15) is 5.10 Å². The molecule has 0 atom stereocenters. The number of nitrogens with zero attached hydrogens (tertiary/aromatic N) is 5. The van der Waals surface area contributed by atoms with Gasteiger partial charge in [-0.1, -0.05) is 0 Å². The summed E-state index contributed by atoms with van der Waals surface area (Å²) >= 11 is 0. The first-order valence-corrected chi connectivity index (χ1v) is 6.23. The molecule has 3 aromatic rings. The van der Waals surface area contributed by atoms with E-state index < -0.39 is 5.91 Å². The number of carbonyl (C=O) groups excluding carboxylic acids is 1. The molecule has 0 aromatic carbocycles. The normalized spacial score (nSPS) is 10.8. The second-order valence-corrected chi connectivity index (χ2v) is 4.55. The number of amides is 1. The van der Waals surface area contributed by atoms with Gasteiger partial charge in [-0.25, -0.2) is 15.0 Å². The molecule has 0 spiro atoms. The fourth-order valence-corrected chi connectivity index (χ4v) is 2.09. The van der Waals surface area contributed by atoms with Crippen LogP contribution in [-0.4, -0.2) is 30.6 Å². The molecule has 0 saturated carbocycles. The SMILES string of the molecule is Cc1nn(C)c2ncc(NC(=O)c3nccnc3N)cc12. The van der Waals surface area contributed by atoms with Crippen LogP contribution in [0, 0.1) is 6.92 Å². The lowest BCUT2D eigenvalue weighted by Gasteiger charge is -2.05. The van der Waals surface area contributed by atoms with E-state index in [2.05, 4.69) is 25.4 Å².